The van der Waals surface area contributed by atoms with Gasteiger partial charge in [-0.2, -0.15) is 0 Å². The van der Waals surface area contributed by atoms with Gasteiger partial charge in [0.05, 0.1) is 13.2 Å². The van der Waals surface area contributed by atoms with Gasteiger partial charge in [0.15, 0.2) is 5.69 Å². The third-order valence-corrected chi connectivity index (χ3v) is 2.67. The maximum atomic E-state index is 11.4. The van der Waals surface area contributed by atoms with E-state index in [9.17, 15) is 9.59 Å². The van der Waals surface area contributed by atoms with Crippen molar-refractivity contribution in [1.82, 2.24) is 10.5 Å². The van der Waals surface area contributed by atoms with Gasteiger partial charge in [-0.25, -0.2) is 9.59 Å². The summed E-state index contributed by atoms with van der Waals surface area (Å²) in [6.07, 6.45) is 0.742. The number of ether oxygens (including phenoxy) is 3. The molecule has 24 heavy (non-hydrogen) atoms. The molecule has 136 valence electrons. The van der Waals surface area contributed by atoms with E-state index in [-0.39, 0.29) is 5.69 Å². The molecule has 0 aliphatic heterocycles. The zero-order valence-electron chi connectivity index (χ0n) is 14.7. The van der Waals surface area contributed by atoms with Gasteiger partial charge in [0.2, 0.25) is 0 Å². The van der Waals surface area contributed by atoms with Gasteiger partial charge < -0.3 is 24.1 Å². The molecule has 1 aromatic heterocycles. The highest BCUT2D eigenvalue weighted by atomic mass is 16.6. The second-order valence-electron chi connectivity index (χ2n) is 6.04. The number of nitrogens with one attached hydrogen (secondary N) is 1. The minimum atomic E-state index is -0.500. The minimum Gasteiger partial charge on any atom is -0.461 e. The summed E-state index contributed by atoms with van der Waals surface area (Å²) in [4.78, 5) is 22.8. The SMILES string of the molecule is CCOC(=O)c1cc(CCOCCCNC(=O)OC(C)(C)C)on1. The van der Waals surface area contributed by atoms with Gasteiger partial charge in [-0.05, 0) is 34.1 Å². The van der Waals surface area contributed by atoms with Crippen molar-refractivity contribution in [2.24, 2.45) is 0 Å². The molecule has 0 saturated carbocycles. The molecule has 1 N–H and O–H groups in total. The van der Waals surface area contributed by atoms with Crippen molar-refractivity contribution in [3.63, 3.8) is 0 Å². The normalized spacial score (nSPS) is 11.2. The van der Waals surface area contributed by atoms with E-state index in [1.54, 1.807) is 13.0 Å². The Kier molecular flexibility index (Phi) is 8.25. The molecule has 0 aromatic carbocycles. The van der Waals surface area contributed by atoms with Crippen LogP contribution < -0.4 is 5.32 Å². The zero-order chi connectivity index (χ0) is 18.0. The van der Waals surface area contributed by atoms with Gasteiger partial charge in [0, 0.05) is 25.6 Å². The Bertz CT molecular complexity index is 521. The topological polar surface area (TPSA) is 99.9 Å². The second kappa shape index (κ2) is 9.92. The maximum Gasteiger partial charge on any atom is 0.407 e. The van der Waals surface area contributed by atoms with E-state index in [2.05, 4.69) is 10.5 Å². The van der Waals surface area contributed by atoms with Gasteiger partial charge in [0.25, 0.3) is 0 Å². The summed E-state index contributed by atoms with van der Waals surface area (Å²) in [6.45, 7) is 8.86. The summed E-state index contributed by atoms with van der Waals surface area (Å²) in [5.74, 6) is 0.0616. The quantitative estimate of drug-likeness (QED) is 0.543. The fourth-order valence-corrected chi connectivity index (χ4v) is 1.69. The van der Waals surface area contributed by atoms with E-state index in [0.29, 0.717) is 45.0 Å². The van der Waals surface area contributed by atoms with Crippen molar-refractivity contribution in [3.05, 3.63) is 17.5 Å². The Morgan fingerprint density at radius 2 is 2.04 bits per heavy atom. The molecule has 0 unspecified atom stereocenters. The van der Waals surface area contributed by atoms with Crippen molar-refractivity contribution in [2.45, 2.75) is 46.1 Å². The first kappa shape index (κ1) is 20.0. The van der Waals surface area contributed by atoms with Gasteiger partial charge in [0.1, 0.15) is 11.4 Å². The van der Waals surface area contributed by atoms with Crippen LogP contribution in [0.15, 0.2) is 10.6 Å². The molecule has 8 heteroatoms. The van der Waals surface area contributed by atoms with Gasteiger partial charge in [-0.15, -0.1) is 0 Å². The predicted octanol–water partition coefficient (Wildman–Crippen LogP) is 2.33. The maximum absolute atomic E-state index is 11.4. The molecule has 1 amide bonds. The highest BCUT2D eigenvalue weighted by Gasteiger charge is 2.15. The molecule has 0 saturated heterocycles. The van der Waals surface area contributed by atoms with Gasteiger partial charge in [-0.1, -0.05) is 5.16 Å². The van der Waals surface area contributed by atoms with E-state index < -0.39 is 17.7 Å². The van der Waals surface area contributed by atoms with Crippen molar-refractivity contribution >= 4 is 12.1 Å². The van der Waals surface area contributed by atoms with Crippen molar-refractivity contribution in [2.75, 3.05) is 26.4 Å². The lowest BCUT2D eigenvalue weighted by molar-refractivity contribution is 0.0507. The minimum absolute atomic E-state index is 0.161. The summed E-state index contributed by atoms with van der Waals surface area (Å²) in [7, 11) is 0. The first-order valence-corrected chi connectivity index (χ1v) is 7.99. The molecule has 1 heterocycles. The fraction of sp³-hybridized carbons (Fsp3) is 0.688. The molecule has 0 atom stereocenters. The summed E-state index contributed by atoms with van der Waals surface area (Å²) >= 11 is 0. The van der Waals surface area contributed by atoms with Gasteiger partial charge in [-0.3, -0.25) is 0 Å². The van der Waals surface area contributed by atoms with Crippen LogP contribution in [0, 0.1) is 0 Å². The largest absolute Gasteiger partial charge is 0.461 e. The third kappa shape index (κ3) is 8.52. The third-order valence-electron chi connectivity index (χ3n) is 2.67. The number of carbonyl (C=O) groups excluding carboxylic acids is 2. The number of alkyl carbamates (subject to hydrolysis) is 1. The molecule has 0 aliphatic rings. The zero-order valence-corrected chi connectivity index (χ0v) is 14.7. The van der Waals surface area contributed by atoms with Crippen LogP contribution in [0.4, 0.5) is 4.79 Å². The van der Waals surface area contributed by atoms with Crippen molar-refractivity contribution in [1.29, 1.82) is 0 Å². The van der Waals surface area contributed by atoms with Crippen LogP contribution in [0.25, 0.3) is 0 Å². The number of hydrogen-bond donors (Lipinski definition) is 1. The summed E-state index contributed by atoms with van der Waals surface area (Å²) in [5.41, 5.74) is -0.339. The summed E-state index contributed by atoms with van der Waals surface area (Å²) in [5, 5.41) is 6.30. The Morgan fingerprint density at radius 1 is 1.29 bits per heavy atom. The Hall–Kier alpha value is -2.09. The lowest BCUT2D eigenvalue weighted by atomic mass is 10.2. The molecular weight excluding hydrogens is 316 g/mol. The van der Waals surface area contributed by atoms with Crippen LogP contribution in [-0.4, -0.2) is 49.2 Å². The number of esters is 1. The van der Waals surface area contributed by atoms with Crippen molar-refractivity contribution in [3.8, 4) is 0 Å². The molecule has 1 rings (SSSR count). The van der Waals surface area contributed by atoms with E-state index >= 15 is 0 Å². The number of aromatic nitrogens is 1. The van der Waals surface area contributed by atoms with Crippen molar-refractivity contribution < 1.29 is 28.3 Å². The van der Waals surface area contributed by atoms with Crippen LogP contribution >= 0.6 is 0 Å². The Morgan fingerprint density at radius 3 is 2.71 bits per heavy atom. The predicted molar refractivity (Wildman–Crippen MR) is 85.8 cm³/mol. The number of rotatable bonds is 9. The molecule has 0 radical (unpaired) electrons. The number of amides is 1. The molecule has 8 nitrogen and oxygen atoms in total. The summed E-state index contributed by atoms with van der Waals surface area (Å²) < 4.78 is 20.4. The van der Waals surface area contributed by atoms with Crippen LogP contribution in [0.5, 0.6) is 0 Å². The highest BCUT2D eigenvalue weighted by Crippen LogP contribution is 2.07. The van der Waals surface area contributed by atoms with E-state index in [4.69, 9.17) is 18.7 Å². The van der Waals surface area contributed by atoms with Crippen LogP contribution in [0.1, 0.15) is 50.4 Å². The first-order chi connectivity index (χ1) is 11.3. The lowest BCUT2D eigenvalue weighted by Gasteiger charge is -2.19. The number of hydrogen-bond acceptors (Lipinski definition) is 7. The first-order valence-electron chi connectivity index (χ1n) is 7.99. The average Bonchev–Trinajstić information content (AvgIpc) is 2.93. The van der Waals surface area contributed by atoms with Crippen LogP contribution in [0.2, 0.25) is 0 Å². The number of nitrogens with zero attached hydrogens (tertiary/aromatic N) is 1. The lowest BCUT2D eigenvalue weighted by Crippen LogP contribution is -2.33. The average molecular weight is 342 g/mol. The summed E-state index contributed by atoms with van der Waals surface area (Å²) in [6, 6.07) is 1.55. The van der Waals surface area contributed by atoms with E-state index in [0.717, 1.165) is 0 Å². The fourth-order valence-electron chi connectivity index (χ4n) is 1.69. The van der Waals surface area contributed by atoms with E-state index in [1.807, 2.05) is 20.8 Å². The Labute approximate surface area is 141 Å². The van der Waals surface area contributed by atoms with Crippen LogP contribution in [-0.2, 0) is 20.6 Å². The van der Waals surface area contributed by atoms with E-state index in [1.165, 1.54) is 0 Å². The smallest absolute Gasteiger partial charge is 0.407 e. The Balaban J connectivity index is 2.08. The second-order valence-corrected chi connectivity index (χ2v) is 6.04. The molecule has 1 aromatic rings. The number of carbonyl (C=O) groups is 2. The molecule has 0 bridgehead atoms. The van der Waals surface area contributed by atoms with Crippen LogP contribution in [0.3, 0.4) is 0 Å². The van der Waals surface area contributed by atoms with Gasteiger partial charge >= 0.3 is 12.1 Å². The molecule has 0 fully saturated rings. The standard InChI is InChI=1S/C16H26N2O6/c1-5-22-14(19)13-11-12(24-18-13)7-10-21-9-6-8-17-15(20)23-16(2,3)4/h11H,5-10H2,1-4H3,(H,17,20). The highest BCUT2D eigenvalue weighted by molar-refractivity contribution is 5.87. The molecular formula is C16H26N2O6. The molecule has 0 spiro atoms. The monoisotopic (exact) mass is 342 g/mol. The molecule has 0 aliphatic carbocycles.